The molecule has 1 aromatic heterocycles. The molecule has 3 rings (SSSR count). The lowest BCUT2D eigenvalue weighted by Gasteiger charge is -2.13. The number of carbonyl (C=O) groups excluding carboxylic acids is 1. The fraction of sp³-hybridized carbons (Fsp3) is 0.176. The maximum Gasteiger partial charge on any atom is 0.246 e. The minimum atomic E-state index is -0.130. The minimum absolute atomic E-state index is 0.130. The van der Waals surface area contributed by atoms with E-state index in [1.165, 1.54) is 0 Å². The monoisotopic (exact) mass is 309 g/mol. The molecule has 0 atom stereocenters. The number of hydrogen-bond acceptors (Lipinski definition) is 4. The zero-order chi connectivity index (χ0) is 16.4. The summed E-state index contributed by atoms with van der Waals surface area (Å²) in [5, 5.41) is 8.09. The third-order valence-electron chi connectivity index (χ3n) is 3.63. The molecule has 118 valence electrons. The quantitative estimate of drug-likeness (QED) is 0.725. The Morgan fingerprint density at radius 3 is 2.65 bits per heavy atom. The highest BCUT2D eigenvalue weighted by molar-refractivity contribution is 5.92. The molecular weight excluding hydrogens is 290 g/mol. The van der Waals surface area contributed by atoms with Gasteiger partial charge in [0.15, 0.2) is 0 Å². The van der Waals surface area contributed by atoms with Crippen LogP contribution in [-0.2, 0) is 11.3 Å². The highest BCUT2D eigenvalue weighted by Gasteiger charge is 2.08. The first-order valence-corrected chi connectivity index (χ1v) is 7.31. The Hall–Kier alpha value is -3.02. The lowest BCUT2D eigenvalue weighted by atomic mass is 10.2. The number of nitrogens with one attached hydrogen (secondary N) is 1. The van der Waals surface area contributed by atoms with Gasteiger partial charge in [-0.2, -0.15) is 5.10 Å². The summed E-state index contributed by atoms with van der Waals surface area (Å²) >= 11 is 0. The Labute approximate surface area is 134 Å². The molecule has 3 aromatic rings. The van der Waals surface area contributed by atoms with E-state index in [0.717, 1.165) is 22.3 Å². The van der Waals surface area contributed by atoms with Crippen molar-refractivity contribution in [2.75, 3.05) is 30.0 Å². The van der Waals surface area contributed by atoms with Crippen molar-refractivity contribution in [1.29, 1.82) is 0 Å². The molecule has 6 nitrogen and oxygen atoms in total. The first-order valence-electron chi connectivity index (χ1n) is 7.31. The van der Waals surface area contributed by atoms with Crippen LogP contribution in [0.3, 0.4) is 0 Å². The Morgan fingerprint density at radius 2 is 1.96 bits per heavy atom. The molecule has 0 aliphatic carbocycles. The molecule has 0 saturated carbocycles. The number of carbonyl (C=O) groups is 1. The van der Waals surface area contributed by atoms with Crippen molar-refractivity contribution in [1.82, 2.24) is 9.78 Å². The second-order valence-corrected chi connectivity index (χ2v) is 5.61. The third kappa shape index (κ3) is 3.26. The van der Waals surface area contributed by atoms with E-state index in [2.05, 4.69) is 10.4 Å². The predicted octanol–water partition coefficient (Wildman–Crippen LogP) is 2.32. The Kier molecular flexibility index (Phi) is 3.89. The molecule has 0 aliphatic heterocycles. The van der Waals surface area contributed by atoms with Gasteiger partial charge in [-0.25, -0.2) is 0 Å². The molecule has 0 spiro atoms. The summed E-state index contributed by atoms with van der Waals surface area (Å²) in [5.41, 5.74) is 9.14. The molecule has 3 N–H and O–H groups in total. The number of amides is 1. The molecule has 2 aromatic carbocycles. The van der Waals surface area contributed by atoms with Gasteiger partial charge in [-0.1, -0.05) is 0 Å². The molecule has 0 aliphatic rings. The number of anilines is 3. The SMILES string of the molecule is CN(C)c1ccc(NC(=O)Cn2ncc3ccc(N)cc32)cc1. The molecular formula is C17H19N5O. The minimum Gasteiger partial charge on any atom is -0.399 e. The van der Waals surface area contributed by atoms with Crippen LogP contribution in [-0.4, -0.2) is 29.8 Å². The van der Waals surface area contributed by atoms with E-state index in [9.17, 15) is 4.79 Å². The number of nitrogen functional groups attached to an aromatic ring is 1. The number of fused-ring (bicyclic) bond motifs is 1. The fourth-order valence-corrected chi connectivity index (χ4v) is 2.39. The van der Waals surface area contributed by atoms with Crippen molar-refractivity contribution < 1.29 is 4.79 Å². The van der Waals surface area contributed by atoms with Crippen LogP contribution in [0, 0.1) is 0 Å². The van der Waals surface area contributed by atoms with Gasteiger partial charge in [0, 0.05) is 36.5 Å². The van der Waals surface area contributed by atoms with Crippen LogP contribution in [0.1, 0.15) is 0 Å². The van der Waals surface area contributed by atoms with Gasteiger partial charge >= 0.3 is 0 Å². The predicted molar refractivity (Wildman–Crippen MR) is 93.5 cm³/mol. The fourth-order valence-electron chi connectivity index (χ4n) is 2.39. The largest absolute Gasteiger partial charge is 0.399 e. The van der Waals surface area contributed by atoms with E-state index in [1.54, 1.807) is 10.9 Å². The summed E-state index contributed by atoms with van der Waals surface area (Å²) in [5.74, 6) is -0.130. The molecule has 1 amide bonds. The number of rotatable bonds is 4. The van der Waals surface area contributed by atoms with E-state index in [-0.39, 0.29) is 12.5 Å². The normalized spacial score (nSPS) is 10.7. The van der Waals surface area contributed by atoms with Gasteiger partial charge in [-0.3, -0.25) is 9.48 Å². The molecule has 23 heavy (non-hydrogen) atoms. The van der Waals surface area contributed by atoms with Gasteiger partial charge in [0.05, 0.1) is 11.7 Å². The standard InChI is InChI=1S/C17H19N5O/c1-21(2)15-7-5-14(6-8-15)20-17(23)11-22-16-9-13(18)4-3-12(16)10-19-22/h3-10H,11,18H2,1-2H3,(H,20,23). The van der Waals surface area contributed by atoms with E-state index < -0.39 is 0 Å². The van der Waals surface area contributed by atoms with Crippen LogP contribution in [0.2, 0.25) is 0 Å². The molecule has 0 fully saturated rings. The van der Waals surface area contributed by atoms with Crippen molar-refractivity contribution >= 4 is 33.9 Å². The summed E-state index contributed by atoms with van der Waals surface area (Å²) in [7, 11) is 3.95. The molecule has 0 radical (unpaired) electrons. The number of nitrogens with two attached hydrogens (primary N) is 1. The first kappa shape index (κ1) is 14.9. The number of benzene rings is 2. The smallest absolute Gasteiger partial charge is 0.246 e. The van der Waals surface area contributed by atoms with Gasteiger partial charge in [0.25, 0.3) is 0 Å². The average Bonchev–Trinajstić information content (AvgIpc) is 2.90. The maximum absolute atomic E-state index is 12.2. The highest BCUT2D eigenvalue weighted by Crippen LogP contribution is 2.18. The Balaban J connectivity index is 1.72. The van der Waals surface area contributed by atoms with Crippen LogP contribution >= 0.6 is 0 Å². The van der Waals surface area contributed by atoms with Crippen molar-refractivity contribution in [2.24, 2.45) is 0 Å². The van der Waals surface area contributed by atoms with Crippen molar-refractivity contribution in [3.8, 4) is 0 Å². The summed E-state index contributed by atoms with van der Waals surface area (Å²) in [4.78, 5) is 14.2. The van der Waals surface area contributed by atoms with Gasteiger partial charge in [-0.15, -0.1) is 0 Å². The van der Waals surface area contributed by atoms with Crippen molar-refractivity contribution in [3.05, 3.63) is 48.7 Å². The Bertz CT molecular complexity index is 836. The number of nitrogens with zero attached hydrogens (tertiary/aromatic N) is 3. The van der Waals surface area contributed by atoms with Gasteiger partial charge in [-0.05, 0) is 42.5 Å². The zero-order valence-electron chi connectivity index (χ0n) is 13.2. The Morgan fingerprint density at radius 1 is 1.22 bits per heavy atom. The zero-order valence-corrected chi connectivity index (χ0v) is 13.2. The molecule has 0 bridgehead atoms. The summed E-state index contributed by atoms with van der Waals surface area (Å²) in [6.07, 6.45) is 1.73. The van der Waals surface area contributed by atoms with Crippen LogP contribution in [0.25, 0.3) is 10.9 Å². The molecule has 1 heterocycles. The third-order valence-corrected chi connectivity index (χ3v) is 3.63. The lowest BCUT2D eigenvalue weighted by Crippen LogP contribution is -2.19. The molecule has 6 heteroatoms. The van der Waals surface area contributed by atoms with E-state index in [4.69, 9.17) is 5.73 Å². The van der Waals surface area contributed by atoms with Gasteiger partial charge in [0.2, 0.25) is 5.91 Å². The summed E-state index contributed by atoms with van der Waals surface area (Å²) in [6, 6.07) is 13.2. The van der Waals surface area contributed by atoms with E-state index in [0.29, 0.717) is 5.69 Å². The van der Waals surface area contributed by atoms with E-state index in [1.807, 2.05) is 61.5 Å². The number of aromatic nitrogens is 2. The summed E-state index contributed by atoms with van der Waals surface area (Å²) in [6.45, 7) is 0.141. The molecule has 0 saturated heterocycles. The van der Waals surface area contributed by atoms with Crippen molar-refractivity contribution in [3.63, 3.8) is 0 Å². The maximum atomic E-state index is 12.2. The summed E-state index contributed by atoms with van der Waals surface area (Å²) < 4.78 is 1.65. The van der Waals surface area contributed by atoms with Crippen molar-refractivity contribution in [2.45, 2.75) is 6.54 Å². The highest BCUT2D eigenvalue weighted by atomic mass is 16.2. The van der Waals surface area contributed by atoms with Crippen LogP contribution in [0.15, 0.2) is 48.7 Å². The van der Waals surface area contributed by atoms with Crippen LogP contribution < -0.4 is 16.0 Å². The second kappa shape index (κ2) is 6.00. The van der Waals surface area contributed by atoms with E-state index >= 15 is 0 Å². The lowest BCUT2D eigenvalue weighted by molar-refractivity contribution is -0.116. The average molecular weight is 309 g/mol. The first-order chi connectivity index (χ1) is 11.0. The number of hydrogen-bond donors (Lipinski definition) is 2. The second-order valence-electron chi connectivity index (χ2n) is 5.61. The van der Waals surface area contributed by atoms with Gasteiger partial charge < -0.3 is 16.0 Å². The van der Waals surface area contributed by atoms with Crippen LogP contribution in [0.5, 0.6) is 0 Å². The van der Waals surface area contributed by atoms with Crippen LogP contribution in [0.4, 0.5) is 17.1 Å². The molecule has 0 unspecified atom stereocenters. The topological polar surface area (TPSA) is 76.2 Å². The van der Waals surface area contributed by atoms with Gasteiger partial charge in [0.1, 0.15) is 6.54 Å².